The summed E-state index contributed by atoms with van der Waals surface area (Å²) in [6.45, 7) is 6.61. The first-order chi connectivity index (χ1) is 6.73. The number of hydrogen-bond donors (Lipinski definition) is 1. The van der Waals surface area contributed by atoms with Crippen molar-refractivity contribution in [2.45, 2.75) is 39.3 Å². The van der Waals surface area contributed by atoms with E-state index in [2.05, 4.69) is 4.99 Å². The highest BCUT2D eigenvalue weighted by atomic mass is 16.5. The van der Waals surface area contributed by atoms with Gasteiger partial charge in [0.2, 0.25) is 0 Å². The zero-order chi connectivity index (χ0) is 11.8. The molecule has 1 N–H and O–H groups in total. The molecule has 1 heterocycles. The van der Waals surface area contributed by atoms with Crippen LogP contribution < -0.4 is 0 Å². The van der Waals surface area contributed by atoms with Crippen LogP contribution >= 0.6 is 0 Å². The molecule has 1 atom stereocenters. The maximum atomic E-state index is 11.1. The van der Waals surface area contributed by atoms with Gasteiger partial charge in [-0.1, -0.05) is 0 Å². The van der Waals surface area contributed by atoms with E-state index in [0.717, 1.165) is 4.90 Å². The van der Waals surface area contributed by atoms with Crippen LogP contribution in [-0.2, 0) is 9.53 Å². The van der Waals surface area contributed by atoms with Crippen molar-refractivity contribution in [1.29, 1.82) is 0 Å². The van der Waals surface area contributed by atoms with E-state index < -0.39 is 23.6 Å². The molecule has 0 aliphatic carbocycles. The van der Waals surface area contributed by atoms with Crippen LogP contribution in [0.15, 0.2) is 4.99 Å². The van der Waals surface area contributed by atoms with Crippen molar-refractivity contribution in [1.82, 2.24) is 4.90 Å². The van der Waals surface area contributed by atoms with Gasteiger partial charge in [0.25, 0.3) is 5.91 Å². The molecule has 0 aromatic carbocycles. The van der Waals surface area contributed by atoms with E-state index in [1.807, 2.05) is 0 Å². The average Bonchev–Trinajstić information content (AvgIpc) is 2.27. The van der Waals surface area contributed by atoms with Gasteiger partial charge in [-0.25, -0.2) is 9.69 Å². The SMILES string of the molecule is CC1OC(N(C(=O)O)C(C)(C)C)=NC1=O. The molecule has 0 bridgehead atoms. The molecule has 0 aromatic rings. The number of carboxylic acid groups (broad SMARTS) is 1. The lowest BCUT2D eigenvalue weighted by Crippen LogP contribution is -2.49. The van der Waals surface area contributed by atoms with Crippen molar-refractivity contribution < 1.29 is 19.4 Å². The summed E-state index contributed by atoms with van der Waals surface area (Å²) in [6.07, 6.45) is -1.90. The highest BCUT2D eigenvalue weighted by molar-refractivity contribution is 6.03. The van der Waals surface area contributed by atoms with E-state index in [0.29, 0.717) is 0 Å². The van der Waals surface area contributed by atoms with Crippen molar-refractivity contribution in [2.24, 2.45) is 4.99 Å². The van der Waals surface area contributed by atoms with Crippen molar-refractivity contribution >= 4 is 18.0 Å². The molecule has 1 aliphatic heterocycles. The Morgan fingerprint density at radius 3 is 2.33 bits per heavy atom. The summed E-state index contributed by atoms with van der Waals surface area (Å²) < 4.78 is 5.07. The molecular weight excluding hydrogens is 200 g/mol. The van der Waals surface area contributed by atoms with Crippen LogP contribution in [0.3, 0.4) is 0 Å². The average molecular weight is 214 g/mol. The van der Waals surface area contributed by atoms with E-state index >= 15 is 0 Å². The molecule has 0 aromatic heterocycles. The van der Waals surface area contributed by atoms with Gasteiger partial charge < -0.3 is 9.84 Å². The van der Waals surface area contributed by atoms with Crippen LogP contribution in [0, 0.1) is 0 Å². The highest BCUT2D eigenvalue weighted by Crippen LogP contribution is 2.19. The lowest BCUT2D eigenvalue weighted by atomic mass is 10.1. The van der Waals surface area contributed by atoms with E-state index in [9.17, 15) is 9.59 Å². The van der Waals surface area contributed by atoms with E-state index in [1.165, 1.54) is 6.92 Å². The first kappa shape index (κ1) is 11.5. The van der Waals surface area contributed by atoms with Crippen LogP contribution in [0.1, 0.15) is 27.7 Å². The van der Waals surface area contributed by atoms with Gasteiger partial charge in [-0.2, -0.15) is 4.99 Å². The molecule has 6 heteroatoms. The number of amidine groups is 1. The molecule has 1 aliphatic rings. The molecule has 0 saturated carbocycles. The molecule has 15 heavy (non-hydrogen) atoms. The number of rotatable bonds is 0. The fraction of sp³-hybridized carbons (Fsp3) is 0.667. The highest BCUT2D eigenvalue weighted by Gasteiger charge is 2.37. The Morgan fingerprint density at radius 2 is 2.07 bits per heavy atom. The maximum Gasteiger partial charge on any atom is 0.415 e. The van der Waals surface area contributed by atoms with Gasteiger partial charge in [-0.3, -0.25) is 4.79 Å². The predicted octanol–water partition coefficient (Wildman–Crippen LogP) is 1.07. The minimum Gasteiger partial charge on any atom is -0.465 e. The Kier molecular flexibility index (Phi) is 2.70. The van der Waals surface area contributed by atoms with Crippen molar-refractivity contribution in [3.63, 3.8) is 0 Å². The Balaban J connectivity index is 2.99. The molecule has 0 spiro atoms. The minimum atomic E-state index is -1.19. The minimum absolute atomic E-state index is 0.146. The summed E-state index contributed by atoms with van der Waals surface area (Å²) in [5, 5.41) is 9.00. The number of hydrogen-bond acceptors (Lipinski definition) is 3. The number of carbonyl (C=O) groups is 2. The molecule has 0 saturated heterocycles. The Morgan fingerprint density at radius 1 is 1.53 bits per heavy atom. The van der Waals surface area contributed by atoms with Crippen molar-refractivity contribution in [2.75, 3.05) is 0 Å². The van der Waals surface area contributed by atoms with Gasteiger partial charge in [0.15, 0.2) is 6.10 Å². The first-order valence-corrected chi connectivity index (χ1v) is 4.56. The second-order valence-electron chi connectivity index (χ2n) is 4.28. The summed E-state index contributed by atoms with van der Waals surface area (Å²) in [4.78, 5) is 26.6. The quantitative estimate of drug-likeness (QED) is 0.654. The predicted molar refractivity (Wildman–Crippen MR) is 52.6 cm³/mol. The Hall–Kier alpha value is -1.59. The summed E-state index contributed by atoms with van der Waals surface area (Å²) in [7, 11) is 0. The Bertz CT molecular complexity index is 329. The van der Waals surface area contributed by atoms with Crippen LogP contribution in [0.4, 0.5) is 4.79 Å². The summed E-state index contributed by atoms with van der Waals surface area (Å²) in [5.41, 5.74) is -0.699. The van der Waals surface area contributed by atoms with Crippen LogP contribution in [0.5, 0.6) is 0 Å². The van der Waals surface area contributed by atoms with Gasteiger partial charge >= 0.3 is 12.1 Å². The topological polar surface area (TPSA) is 79.2 Å². The smallest absolute Gasteiger partial charge is 0.415 e. The first-order valence-electron chi connectivity index (χ1n) is 4.56. The normalized spacial score (nSPS) is 20.9. The second kappa shape index (κ2) is 3.52. The molecular formula is C9H14N2O4. The number of carbonyl (C=O) groups excluding carboxylic acids is 1. The Labute approximate surface area is 87.5 Å². The maximum absolute atomic E-state index is 11.1. The molecule has 1 unspecified atom stereocenters. The van der Waals surface area contributed by atoms with Gasteiger partial charge in [0, 0.05) is 5.54 Å². The molecule has 84 valence electrons. The van der Waals surface area contributed by atoms with Gasteiger partial charge in [-0.15, -0.1) is 0 Å². The van der Waals surface area contributed by atoms with Crippen LogP contribution in [0.25, 0.3) is 0 Å². The van der Waals surface area contributed by atoms with Crippen LogP contribution in [0.2, 0.25) is 0 Å². The van der Waals surface area contributed by atoms with Crippen molar-refractivity contribution in [3.8, 4) is 0 Å². The third kappa shape index (κ3) is 2.26. The summed E-state index contributed by atoms with van der Waals surface area (Å²) in [5.74, 6) is -0.458. The number of nitrogens with zero attached hydrogens (tertiary/aromatic N) is 2. The monoisotopic (exact) mass is 214 g/mol. The second-order valence-corrected chi connectivity index (χ2v) is 4.28. The van der Waals surface area contributed by atoms with Gasteiger partial charge in [0.05, 0.1) is 0 Å². The summed E-state index contributed by atoms with van der Waals surface area (Å²) >= 11 is 0. The third-order valence-electron chi connectivity index (χ3n) is 1.89. The zero-order valence-corrected chi connectivity index (χ0v) is 9.14. The summed E-state index contributed by atoms with van der Waals surface area (Å²) in [6, 6.07) is -0.146. The lowest BCUT2D eigenvalue weighted by molar-refractivity contribution is -0.122. The standard InChI is InChI=1S/C9H14N2O4/c1-5-6(12)10-7(15-5)11(8(13)14)9(2,3)4/h5H,1-4H3,(H,13,14). The number of ether oxygens (including phenoxy) is 1. The molecule has 1 rings (SSSR count). The van der Waals surface area contributed by atoms with E-state index in [1.54, 1.807) is 20.8 Å². The van der Waals surface area contributed by atoms with Crippen LogP contribution in [-0.4, -0.2) is 39.7 Å². The lowest BCUT2D eigenvalue weighted by Gasteiger charge is -2.31. The fourth-order valence-corrected chi connectivity index (χ4v) is 1.18. The van der Waals surface area contributed by atoms with Gasteiger partial charge in [0.1, 0.15) is 0 Å². The molecule has 0 radical (unpaired) electrons. The van der Waals surface area contributed by atoms with E-state index in [4.69, 9.17) is 9.84 Å². The molecule has 6 nitrogen and oxygen atoms in total. The molecule has 2 amide bonds. The number of aliphatic imine (C=N–C) groups is 1. The largest absolute Gasteiger partial charge is 0.465 e. The van der Waals surface area contributed by atoms with Crippen molar-refractivity contribution in [3.05, 3.63) is 0 Å². The number of amides is 2. The fourth-order valence-electron chi connectivity index (χ4n) is 1.18. The third-order valence-corrected chi connectivity index (χ3v) is 1.89. The zero-order valence-electron chi connectivity index (χ0n) is 9.14. The van der Waals surface area contributed by atoms with Gasteiger partial charge in [-0.05, 0) is 27.7 Å². The van der Waals surface area contributed by atoms with E-state index in [-0.39, 0.29) is 6.02 Å². The molecule has 0 fully saturated rings.